The van der Waals surface area contributed by atoms with Crippen molar-refractivity contribution in [1.82, 2.24) is 25.3 Å². The minimum absolute atomic E-state index is 0.180. The van der Waals surface area contributed by atoms with Gasteiger partial charge in [-0.1, -0.05) is 52.0 Å². The van der Waals surface area contributed by atoms with E-state index in [1.54, 1.807) is 0 Å². The van der Waals surface area contributed by atoms with Gasteiger partial charge in [0.15, 0.2) is 5.65 Å². The van der Waals surface area contributed by atoms with Crippen molar-refractivity contribution in [1.29, 1.82) is 0 Å². The fourth-order valence-electron chi connectivity index (χ4n) is 2.85. The molecule has 24 heavy (non-hydrogen) atoms. The van der Waals surface area contributed by atoms with Gasteiger partial charge in [0, 0.05) is 0 Å². The van der Waals surface area contributed by atoms with Crippen LogP contribution < -0.4 is 5.32 Å². The summed E-state index contributed by atoms with van der Waals surface area (Å²) in [6, 6.07) is 12.8. The van der Waals surface area contributed by atoms with Gasteiger partial charge in [0.05, 0.1) is 6.04 Å². The van der Waals surface area contributed by atoms with E-state index in [-0.39, 0.29) is 6.04 Å². The maximum absolute atomic E-state index is 4.41. The van der Waals surface area contributed by atoms with Gasteiger partial charge in [0.1, 0.15) is 5.82 Å². The monoisotopic (exact) mass is 324 g/mol. The molecular weight excluding hydrogens is 300 g/mol. The molecule has 0 amide bonds. The summed E-state index contributed by atoms with van der Waals surface area (Å²) >= 11 is 0. The lowest BCUT2D eigenvalue weighted by Gasteiger charge is -2.23. The molecule has 1 unspecified atom stereocenters. The SMILES string of the molecule is CC(C)Cc1ccc(C(Nc2ccc3nnnn3n2)C(C)C)cc1. The zero-order chi connectivity index (χ0) is 17.1. The van der Waals surface area contributed by atoms with Crippen molar-refractivity contribution in [2.24, 2.45) is 11.8 Å². The number of tetrazole rings is 1. The Kier molecular flexibility index (Phi) is 4.74. The lowest BCUT2D eigenvalue weighted by Crippen LogP contribution is -2.18. The molecule has 3 rings (SSSR count). The van der Waals surface area contributed by atoms with Gasteiger partial charge in [-0.3, -0.25) is 0 Å². The third-order valence-corrected chi connectivity index (χ3v) is 4.02. The van der Waals surface area contributed by atoms with Crippen LogP contribution in [0.5, 0.6) is 0 Å². The van der Waals surface area contributed by atoms with Gasteiger partial charge < -0.3 is 5.32 Å². The molecule has 126 valence electrons. The van der Waals surface area contributed by atoms with Crippen molar-refractivity contribution >= 4 is 11.5 Å². The highest BCUT2D eigenvalue weighted by Crippen LogP contribution is 2.26. The highest BCUT2D eigenvalue weighted by atomic mass is 15.6. The second-order valence-electron chi connectivity index (χ2n) is 6.95. The molecule has 0 aliphatic rings. The Morgan fingerprint density at radius 3 is 2.42 bits per heavy atom. The Labute approximate surface area is 142 Å². The topological polar surface area (TPSA) is 68.0 Å². The maximum atomic E-state index is 4.41. The summed E-state index contributed by atoms with van der Waals surface area (Å²) < 4.78 is 1.44. The van der Waals surface area contributed by atoms with E-state index >= 15 is 0 Å². The number of nitrogens with zero attached hydrogens (tertiary/aromatic N) is 5. The number of aromatic nitrogens is 5. The lowest BCUT2D eigenvalue weighted by atomic mass is 9.94. The molecule has 1 N–H and O–H groups in total. The number of anilines is 1. The van der Waals surface area contributed by atoms with Crippen LogP contribution in [-0.2, 0) is 6.42 Å². The average molecular weight is 324 g/mol. The molecule has 6 heteroatoms. The van der Waals surface area contributed by atoms with Gasteiger partial charge in [0.25, 0.3) is 0 Å². The molecule has 0 bridgehead atoms. The minimum atomic E-state index is 0.180. The van der Waals surface area contributed by atoms with E-state index in [9.17, 15) is 0 Å². The van der Waals surface area contributed by atoms with E-state index < -0.39 is 0 Å². The quantitative estimate of drug-likeness (QED) is 0.751. The van der Waals surface area contributed by atoms with Crippen LogP contribution >= 0.6 is 0 Å². The number of fused-ring (bicyclic) bond motifs is 1. The molecule has 0 fully saturated rings. The number of benzene rings is 1. The molecule has 0 spiro atoms. The summed E-state index contributed by atoms with van der Waals surface area (Å²) in [5.74, 6) is 1.86. The van der Waals surface area contributed by atoms with E-state index in [2.05, 4.69) is 77.9 Å². The van der Waals surface area contributed by atoms with Gasteiger partial charge in [-0.15, -0.1) is 14.8 Å². The summed E-state index contributed by atoms with van der Waals surface area (Å²) in [4.78, 5) is 0. The predicted octanol–water partition coefficient (Wildman–Crippen LogP) is 3.53. The molecule has 0 radical (unpaired) electrons. The van der Waals surface area contributed by atoms with Crippen LogP contribution in [0.25, 0.3) is 5.65 Å². The Morgan fingerprint density at radius 2 is 1.75 bits per heavy atom. The molecule has 1 atom stereocenters. The molecule has 2 heterocycles. The molecule has 6 nitrogen and oxygen atoms in total. The molecule has 3 aromatic rings. The van der Waals surface area contributed by atoms with Crippen molar-refractivity contribution < 1.29 is 0 Å². The average Bonchev–Trinajstić information content (AvgIpc) is 3.00. The van der Waals surface area contributed by atoms with Gasteiger partial charge >= 0.3 is 0 Å². The largest absolute Gasteiger partial charge is 0.362 e. The first-order valence-corrected chi connectivity index (χ1v) is 8.43. The minimum Gasteiger partial charge on any atom is -0.362 e. The molecule has 0 aliphatic carbocycles. The van der Waals surface area contributed by atoms with Crippen LogP contribution in [0.2, 0.25) is 0 Å². The Bertz CT molecular complexity index is 791. The van der Waals surface area contributed by atoms with Crippen LogP contribution in [0, 0.1) is 11.8 Å². The van der Waals surface area contributed by atoms with Crippen molar-refractivity contribution in [3.05, 3.63) is 47.5 Å². The number of nitrogens with one attached hydrogen (secondary N) is 1. The van der Waals surface area contributed by atoms with Crippen LogP contribution in [0.1, 0.15) is 44.9 Å². The molecule has 0 saturated carbocycles. The predicted molar refractivity (Wildman–Crippen MR) is 94.8 cm³/mol. The zero-order valence-corrected chi connectivity index (χ0v) is 14.6. The van der Waals surface area contributed by atoms with Crippen LogP contribution in [0.15, 0.2) is 36.4 Å². The third kappa shape index (κ3) is 3.69. The van der Waals surface area contributed by atoms with E-state index in [1.165, 1.54) is 15.8 Å². The highest BCUT2D eigenvalue weighted by molar-refractivity contribution is 5.44. The van der Waals surface area contributed by atoms with Crippen molar-refractivity contribution in [3.8, 4) is 0 Å². The number of hydrogen-bond acceptors (Lipinski definition) is 5. The smallest absolute Gasteiger partial charge is 0.200 e. The van der Waals surface area contributed by atoms with Crippen molar-refractivity contribution in [2.75, 3.05) is 5.32 Å². The summed E-state index contributed by atoms with van der Waals surface area (Å²) in [6.45, 7) is 8.89. The molecule has 1 aromatic carbocycles. The first kappa shape index (κ1) is 16.4. The first-order chi connectivity index (χ1) is 11.5. The van der Waals surface area contributed by atoms with Crippen molar-refractivity contribution in [3.63, 3.8) is 0 Å². The fourth-order valence-corrected chi connectivity index (χ4v) is 2.85. The summed E-state index contributed by atoms with van der Waals surface area (Å²) in [5, 5.41) is 19.3. The van der Waals surface area contributed by atoms with Crippen LogP contribution in [0.3, 0.4) is 0 Å². The standard InChI is InChI=1S/C18H24N6/c1-12(2)11-14-5-7-15(8-6-14)18(13(3)4)19-16-9-10-17-20-22-23-24(17)21-16/h5-10,12-13,18H,11H2,1-4H3,(H,19,21). The van der Waals surface area contributed by atoms with Gasteiger partial charge in [-0.05, 0) is 51.9 Å². The summed E-state index contributed by atoms with van der Waals surface area (Å²) in [7, 11) is 0. The summed E-state index contributed by atoms with van der Waals surface area (Å²) in [5.41, 5.74) is 3.28. The van der Waals surface area contributed by atoms with E-state index in [0.29, 0.717) is 17.5 Å². The van der Waals surface area contributed by atoms with E-state index in [4.69, 9.17) is 0 Å². The molecule has 0 aliphatic heterocycles. The van der Waals surface area contributed by atoms with E-state index in [1.807, 2.05) is 12.1 Å². The number of rotatable bonds is 6. The second-order valence-corrected chi connectivity index (χ2v) is 6.95. The Balaban J connectivity index is 1.81. The Morgan fingerprint density at radius 1 is 1.00 bits per heavy atom. The fraction of sp³-hybridized carbons (Fsp3) is 0.444. The maximum Gasteiger partial charge on any atom is 0.200 e. The van der Waals surface area contributed by atoms with Gasteiger partial charge in [0.2, 0.25) is 0 Å². The lowest BCUT2D eigenvalue weighted by molar-refractivity contribution is 0.542. The van der Waals surface area contributed by atoms with Crippen LogP contribution in [-0.4, -0.2) is 25.3 Å². The van der Waals surface area contributed by atoms with Crippen LogP contribution in [0.4, 0.5) is 5.82 Å². The highest BCUT2D eigenvalue weighted by Gasteiger charge is 2.17. The molecule has 2 aromatic heterocycles. The Hall–Kier alpha value is -2.50. The van der Waals surface area contributed by atoms with Gasteiger partial charge in [-0.2, -0.15) is 0 Å². The van der Waals surface area contributed by atoms with Gasteiger partial charge in [-0.25, -0.2) is 0 Å². The second kappa shape index (κ2) is 6.95. The molecular formula is C18H24N6. The normalized spacial score (nSPS) is 12.9. The first-order valence-electron chi connectivity index (χ1n) is 8.43. The van der Waals surface area contributed by atoms with E-state index in [0.717, 1.165) is 12.2 Å². The molecule has 0 saturated heterocycles. The summed E-state index contributed by atoms with van der Waals surface area (Å²) in [6.07, 6.45) is 1.11. The third-order valence-electron chi connectivity index (χ3n) is 4.02. The zero-order valence-electron chi connectivity index (χ0n) is 14.6. The number of hydrogen-bond donors (Lipinski definition) is 1. The van der Waals surface area contributed by atoms with Crippen molar-refractivity contribution in [2.45, 2.75) is 40.2 Å².